The highest BCUT2D eigenvalue weighted by Crippen LogP contribution is 2.31. The highest BCUT2D eigenvalue weighted by atomic mass is 35.7. The molecule has 2 heterocycles. The molecule has 1 aromatic heterocycles. The van der Waals surface area contributed by atoms with Crippen LogP contribution in [0.25, 0.3) is 6.08 Å². The SMILES string of the molecule is Cc1ccccc1Nc1nc2c(c(SCl)n1)COC=C2. The quantitative estimate of drug-likeness (QED) is 0.858. The summed E-state index contributed by atoms with van der Waals surface area (Å²) in [6, 6.07) is 7.99. The van der Waals surface area contributed by atoms with Gasteiger partial charge in [0.1, 0.15) is 11.6 Å². The first-order valence-corrected chi connectivity index (χ1v) is 7.72. The first-order valence-electron chi connectivity index (χ1n) is 6.08. The normalized spacial score (nSPS) is 12.7. The minimum atomic E-state index is 0.450. The van der Waals surface area contributed by atoms with Crippen molar-refractivity contribution in [3.05, 3.63) is 47.3 Å². The Balaban J connectivity index is 1.99. The predicted molar refractivity (Wildman–Crippen MR) is 82.0 cm³/mol. The smallest absolute Gasteiger partial charge is 0.228 e. The van der Waals surface area contributed by atoms with E-state index in [0.29, 0.717) is 12.6 Å². The molecule has 0 unspecified atom stereocenters. The molecular weight excluding hydrogens is 294 g/mol. The Bertz CT molecular complexity index is 675. The number of anilines is 2. The third-order valence-corrected chi connectivity index (χ3v) is 3.94. The molecule has 1 aliphatic heterocycles. The summed E-state index contributed by atoms with van der Waals surface area (Å²) in [7, 11) is 6.97. The van der Waals surface area contributed by atoms with Gasteiger partial charge in [-0.05, 0) is 35.3 Å². The third-order valence-electron chi connectivity index (χ3n) is 3.02. The van der Waals surface area contributed by atoms with Crippen LogP contribution in [-0.2, 0) is 11.3 Å². The zero-order valence-corrected chi connectivity index (χ0v) is 12.3. The Labute approximate surface area is 125 Å². The molecule has 3 rings (SSSR count). The Morgan fingerprint density at radius 1 is 1.30 bits per heavy atom. The molecule has 102 valence electrons. The number of hydrogen-bond donors (Lipinski definition) is 1. The summed E-state index contributed by atoms with van der Waals surface area (Å²) >= 11 is 0. The average molecular weight is 306 g/mol. The lowest BCUT2D eigenvalue weighted by Gasteiger charge is -2.15. The van der Waals surface area contributed by atoms with Crippen LogP contribution in [0.1, 0.15) is 16.8 Å². The van der Waals surface area contributed by atoms with Gasteiger partial charge in [0.15, 0.2) is 0 Å². The first kappa shape index (κ1) is 13.3. The van der Waals surface area contributed by atoms with Crippen molar-refractivity contribution in [1.29, 1.82) is 0 Å². The average Bonchev–Trinajstić information content (AvgIpc) is 2.49. The van der Waals surface area contributed by atoms with Crippen LogP contribution in [-0.4, -0.2) is 9.97 Å². The second-order valence-electron chi connectivity index (χ2n) is 4.35. The largest absolute Gasteiger partial charge is 0.496 e. The van der Waals surface area contributed by atoms with Gasteiger partial charge in [0.2, 0.25) is 5.95 Å². The number of halogens is 1. The summed E-state index contributed by atoms with van der Waals surface area (Å²) in [6.07, 6.45) is 3.45. The highest BCUT2D eigenvalue weighted by Gasteiger charge is 2.16. The molecule has 1 aromatic carbocycles. The van der Waals surface area contributed by atoms with Crippen molar-refractivity contribution in [2.75, 3.05) is 5.32 Å². The number of hydrogen-bond acceptors (Lipinski definition) is 5. The van der Waals surface area contributed by atoms with Crippen molar-refractivity contribution in [2.45, 2.75) is 18.6 Å². The summed E-state index contributed by atoms with van der Waals surface area (Å²) in [5.41, 5.74) is 3.87. The van der Waals surface area contributed by atoms with Crippen molar-refractivity contribution < 1.29 is 4.74 Å². The maximum atomic E-state index is 5.89. The Morgan fingerprint density at radius 2 is 2.15 bits per heavy atom. The van der Waals surface area contributed by atoms with Gasteiger partial charge < -0.3 is 10.1 Å². The topological polar surface area (TPSA) is 47.0 Å². The fourth-order valence-corrected chi connectivity index (χ4v) is 2.71. The van der Waals surface area contributed by atoms with Gasteiger partial charge in [-0.3, -0.25) is 0 Å². The summed E-state index contributed by atoms with van der Waals surface area (Å²) in [4.78, 5) is 8.93. The summed E-state index contributed by atoms with van der Waals surface area (Å²) in [5, 5.41) is 3.95. The van der Waals surface area contributed by atoms with E-state index in [-0.39, 0.29) is 0 Å². The van der Waals surface area contributed by atoms with Crippen LogP contribution >= 0.6 is 21.7 Å². The molecule has 0 saturated carbocycles. The van der Waals surface area contributed by atoms with Crippen LogP contribution < -0.4 is 5.32 Å². The summed E-state index contributed by atoms with van der Waals surface area (Å²) < 4.78 is 5.26. The van der Waals surface area contributed by atoms with Crippen LogP contribution in [0, 0.1) is 6.92 Å². The monoisotopic (exact) mass is 305 g/mol. The number of nitrogens with zero attached hydrogens (tertiary/aromatic N) is 2. The molecule has 0 atom stereocenters. The van der Waals surface area contributed by atoms with Crippen molar-refractivity contribution in [2.24, 2.45) is 0 Å². The van der Waals surface area contributed by atoms with Crippen LogP contribution in [0.2, 0.25) is 0 Å². The highest BCUT2D eigenvalue weighted by molar-refractivity contribution is 8.21. The van der Waals surface area contributed by atoms with Crippen molar-refractivity contribution in [3.63, 3.8) is 0 Å². The van der Waals surface area contributed by atoms with Crippen LogP contribution in [0.15, 0.2) is 35.6 Å². The van der Waals surface area contributed by atoms with E-state index >= 15 is 0 Å². The lowest BCUT2D eigenvalue weighted by molar-refractivity contribution is 0.230. The number of aryl methyl sites for hydroxylation is 1. The van der Waals surface area contributed by atoms with Gasteiger partial charge in [-0.2, -0.15) is 0 Å². The predicted octanol–water partition coefficient (Wildman–Crippen LogP) is 4.28. The standard InChI is InChI=1S/C14H12ClN3OS/c1-9-4-2-3-5-11(9)16-14-17-12-6-7-19-8-10(12)13(18-14)20-15/h2-7H,8H2,1H3,(H,16,17,18). The Hall–Kier alpha value is -1.72. The van der Waals surface area contributed by atoms with Crippen molar-refractivity contribution >= 4 is 39.4 Å². The number of nitrogens with one attached hydrogen (secondary N) is 1. The minimum Gasteiger partial charge on any atom is -0.496 e. The number of aromatic nitrogens is 2. The van der Waals surface area contributed by atoms with Crippen LogP contribution in [0.5, 0.6) is 0 Å². The number of ether oxygens (including phenoxy) is 1. The number of benzene rings is 1. The lowest BCUT2D eigenvalue weighted by atomic mass is 10.2. The number of para-hydroxylation sites is 1. The van der Waals surface area contributed by atoms with Gasteiger partial charge in [0.25, 0.3) is 0 Å². The van der Waals surface area contributed by atoms with Crippen molar-refractivity contribution in [3.8, 4) is 0 Å². The number of rotatable bonds is 3. The lowest BCUT2D eigenvalue weighted by Crippen LogP contribution is -2.07. The molecule has 0 radical (unpaired) electrons. The molecule has 1 N–H and O–H groups in total. The van der Waals surface area contributed by atoms with Gasteiger partial charge in [-0.1, -0.05) is 18.2 Å². The van der Waals surface area contributed by atoms with Gasteiger partial charge in [0, 0.05) is 22.2 Å². The molecule has 20 heavy (non-hydrogen) atoms. The molecule has 6 heteroatoms. The zero-order chi connectivity index (χ0) is 13.9. The van der Waals surface area contributed by atoms with Gasteiger partial charge in [0.05, 0.1) is 12.0 Å². The molecule has 0 aliphatic carbocycles. The zero-order valence-electron chi connectivity index (χ0n) is 10.8. The van der Waals surface area contributed by atoms with E-state index in [1.165, 1.54) is 0 Å². The van der Waals surface area contributed by atoms with E-state index < -0.39 is 0 Å². The maximum absolute atomic E-state index is 5.89. The van der Waals surface area contributed by atoms with Crippen molar-refractivity contribution in [1.82, 2.24) is 9.97 Å². The molecular formula is C14H12ClN3OS. The molecule has 0 bridgehead atoms. The second kappa shape index (κ2) is 5.73. The van der Waals surface area contributed by atoms with Gasteiger partial charge >= 0.3 is 0 Å². The Morgan fingerprint density at radius 3 is 2.95 bits per heavy atom. The molecule has 0 saturated heterocycles. The fraction of sp³-hybridized carbons (Fsp3) is 0.143. The maximum Gasteiger partial charge on any atom is 0.228 e. The second-order valence-corrected chi connectivity index (χ2v) is 5.35. The third kappa shape index (κ3) is 2.59. The molecule has 2 aromatic rings. The molecule has 1 aliphatic rings. The first-order chi connectivity index (χ1) is 9.78. The van der Waals surface area contributed by atoms with E-state index in [2.05, 4.69) is 15.3 Å². The van der Waals surface area contributed by atoms with E-state index in [1.807, 2.05) is 37.3 Å². The molecule has 0 spiro atoms. The summed E-state index contributed by atoms with van der Waals surface area (Å²) in [6.45, 7) is 2.48. The number of fused-ring (bicyclic) bond motifs is 1. The van der Waals surface area contributed by atoms with E-state index in [4.69, 9.17) is 15.4 Å². The van der Waals surface area contributed by atoms with E-state index in [9.17, 15) is 0 Å². The summed E-state index contributed by atoms with van der Waals surface area (Å²) in [5.74, 6) is 0.535. The molecule has 4 nitrogen and oxygen atoms in total. The van der Waals surface area contributed by atoms with Crippen LogP contribution in [0.3, 0.4) is 0 Å². The van der Waals surface area contributed by atoms with Crippen LogP contribution in [0.4, 0.5) is 11.6 Å². The van der Waals surface area contributed by atoms with Gasteiger partial charge in [-0.15, -0.1) is 0 Å². The van der Waals surface area contributed by atoms with E-state index in [0.717, 1.165) is 38.5 Å². The van der Waals surface area contributed by atoms with E-state index in [1.54, 1.807) is 6.26 Å². The Kier molecular flexibility index (Phi) is 3.80. The molecule has 0 fully saturated rings. The van der Waals surface area contributed by atoms with Gasteiger partial charge in [-0.25, -0.2) is 9.97 Å². The minimum absolute atomic E-state index is 0.450. The fourth-order valence-electron chi connectivity index (χ4n) is 1.95. The molecule has 0 amide bonds.